The first kappa shape index (κ1) is 18.6. The lowest BCUT2D eigenvalue weighted by Crippen LogP contribution is -2.34. The monoisotopic (exact) mass is 361 g/mol. The van der Waals surface area contributed by atoms with Gasteiger partial charge in [-0.1, -0.05) is 36.9 Å². The van der Waals surface area contributed by atoms with Gasteiger partial charge in [-0.05, 0) is 62.6 Å². The largest absolute Gasteiger partial charge is 0.361 e. The first-order valence-corrected chi connectivity index (χ1v) is 10.1. The second kappa shape index (κ2) is 8.95. The van der Waals surface area contributed by atoms with Crippen LogP contribution in [0.2, 0.25) is 0 Å². The van der Waals surface area contributed by atoms with Crippen molar-refractivity contribution < 1.29 is 0 Å². The van der Waals surface area contributed by atoms with Crippen molar-refractivity contribution in [1.29, 1.82) is 0 Å². The first-order valence-electron chi connectivity index (χ1n) is 9.76. The molecule has 0 aromatic rings. The smallest absolute Gasteiger partial charge is 0.105 e. The van der Waals surface area contributed by atoms with Crippen molar-refractivity contribution >= 4 is 11.6 Å². The quantitative estimate of drug-likeness (QED) is 0.714. The number of fused-ring (bicyclic) bond motifs is 1. The molecule has 1 N–H and O–H groups in total. The van der Waals surface area contributed by atoms with Crippen LogP contribution in [0.25, 0.3) is 0 Å². The molecular weight excluding hydrogens is 330 g/mol. The van der Waals surface area contributed by atoms with Crippen LogP contribution in [0.1, 0.15) is 44.9 Å². The topological polar surface area (TPSA) is 18.5 Å². The van der Waals surface area contributed by atoms with E-state index in [0.29, 0.717) is 0 Å². The van der Waals surface area contributed by atoms with E-state index in [2.05, 4.69) is 47.4 Å². The molecule has 1 heterocycles. The van der Waals surface area contributed by atoms with Gasteiger partial charge in [-0.3, -0.25) is 0 Å². The van der Waals surface area contributed by atoms with Crippen molar-refractivity contribution in [3.05, 3.63) is 46.4 Å². The van der Waals surface area contributed by atoms with E-state index in [1.54, 1.807) is 0 Å². The van der Waals surface area contributed by atoms with Crippen LogP contribution in [0.3, 0.4) is 0 Å². The molecule has 0 radical (unpaired) electrons. The maximum Gasteiger partial charge on any atom is 0.105 e. The molecule has 138 valence electrons. The van der Waals surface area contributed by atoms with Crippen molar-refractivity contribution in [1.82, 2.24) is 15.1 Å². The summed E-state index contributed by atoms with van der Waals surface area (Å²) in [6.45, 7) is 3.52. The maximum absolute atomic E-state index is 6.12. The molecule has 0 aromatic heterocycles. The second-order valence-electron chi connectivity index (χ2n) is 7.78. The zero-order chi connectivity index (χ0) is 17.6. The van der Waals surface area contributed by atoms with E-state index in [9.17, 15) is 0 Å². The van der Waals surface area contributed by atoms with Gasteiger partial charge in [-0.15, -0.1) is 0 Å². The molecule has 25 heavy (non-hydrogen) atoms. The third-order valence-electron chi connectivity index (χ3n) is 5.58. The molecule has 3 aliphatic rings. The van der Waals surface area contributed by atoms with E-state index in [4.69, 9.17) is 11.6 Å². The molecule has 4 heteroatoms. The molecule has 2 aliphatic carbocycles. The van der Waals surface area contributed by atoms with Gasteiger partial charge in [-0.2, -0.15) is 0 Å². The summed E-state index contributed by atoms with van der Waals surface area (Å²) < 4.78 is 0. The predicted octanol–water partition coefficient (Wildman–Crippen LogP) is 4.60. The maximum atomic E-state index is 6.12. The van der Waals surface area contributed by atoms with Crippen LogP contribution < -0.4 is 5.32 Å². The number of hydrogen-bond acceptors (Lipinski definition) is 3. The van der Waals surface area contributed by atoms with Crippen LogP contribution in [-0.2, 0) is 0 Å². The minimum Gasteiger partial charge on any atom is -0.361 e. The zero-order valence-electron chi connectivity index (χ0n) is 15.7. The van der Waals surface area contributed by atoms with Crippen LogP contribution in [-0.4, -0.2) is 43.5 Å². The van der Waals surface area contributed by atoms with Gasteiger partial charge in [0.2, 0.25) is 0 Å². The van der Waals surface area contributed by atoms with Crippen LogP contribution in [0.5, 0.6) is 0 Å². The fraction of sp³-hybridized carbons (Fsp3) is 0.619. The zero-order valence-corrected chi connectivity index (χ0v) is 16.5. The van der Waals surface area contributed by atoms with Crippen molar-refractivity contribution in [2.45, 2.75) is 44.9 Å². The lowest BCUT2D eigenvalue weighted by molar-refractivity contribution is 0.224. The van der Waals surface area contributed by atoms with E-state index in [0.717, 1.165) is 23.9 Å². The van der Waals surface area contributed by atoms with Crippen LogP contribution in [0.4, 0.5) is 0 Å². The summed E-state index contributed by atoms with van der Waals surface area (Å²) in [6.07, 6.45) is 17.7. The molecule has 3 nitrogen and oxygen atoms in total. The normalized spacial score (nSPS) is 21.0. The fourth-order valence-electron chi connectivity index (χ4n) is 4.07. The summed E-state index contributed by atoms with van der Waals surface area (Å²) in [4.78, 5) is 4.85. The van der Waals surface area contributed by atoms with Crippen molar-refractivity contribution in [2.75, 3.05) is 33.7 Å². The molecule has 0 bridgehead atoms. The second-order valence-corrected chi connectivity index (χ2v) is 8.27. The molecule has 0 spiro atoms. The third kappa shape index (κ3) is 5.39. The highest BCUT2D eigenvalue weighted by Gasteiger charge is 2.18. The molecular formula is C21H32ClN3. The minimum atomic E-state index is 0.833. The highest BCUT2D eigenvalue weighted by atomic mass is 35.5. The SMILES string of the molecule is CN(CCCN(C)C1=CC=C2CC(Cl)=CC=C2N1)CC1CCCCC1. The molecule has 1 aliphatic heterocycles. The minimum absolute atomic E-state index is 0.833. The van der Waals surface area contributed by atoms with Gasteiger partial charge in [0.05, 0.1) is 0 Å². The van der Waals surface area contributed by atoms with Crippen molar-refractivity contribution in [2.24, 2.45) is 5.92 Å². The van der Waals surface area contributed by atoms with Crippen LogP contribution >= 0.6 is 11.6 Å². The van der Waals surface area contributed by atoms with Gasteiger partial charge in [0.25, 0.3) is 0 Å². The Bertz CT molecular complexity index is 582. The Morgan fingerprint density at radius 3 is 2.64 bits per heavy atom. The van der Waals surface area contributed by atoms with Gasteiger partial charge >= 0.3 is 0 Å². The molecule has 0 amide bonds. The first-order chi connectivity index (χ1) is 12.1. The number of halogens is 1. The number of dihydropyridines is 1. The van der Waals surface area contributed by atoms with Gasteiger partial charge in [0.1, 0.15) is 5.82 Å². The Labute approximate surface area is 158 Å². The Hall–Kier alpha value is -1.19. The van der Waals surface area contributed by atoms with Gasteiger partial charge < -0.3 is 15.1 Å². The van der Waals surface area contributed by atoms with E-state index < -0.39 is 0 Å². The number of nitrogens with one attached hydrogen (secondary N) is 1. The lowest BCUT2D eigenvalue weighted by Gasteiger charge is -2.30. The summed E-state index contributed by atoms with van der Waals surface area (Å²) in [5.41, 5.74) is 2.46. The molecule has 3 rings (SSSR count). The number of hydrogen-bond donors (Lipinski definition) is 1. The average molecular weight is 362 g/mol. The van der Waals surface area contributed by atoms with E-state index in [-0.39, 0.29) is 0 Å². The van der Waals surface area contributed by atoms with E-state index >= 15 is 0 Å². The number of allylic oxidation sites excluding steroid dienone is 6. The van der Waals surface area contributed by atoms with Gasteiger partial charge in [0, 0.05) is 37.3 Å². The Morgan fingerprint density at radius 2 is 1.84 bits per heavy atom. The summed E-state index contributed by atoms with van der Waals surface area (Å²) in [5, 5.41) is 4.45. The number of nitrogens with zero attached hydrogens (tertiary/aromatic N) is 2. The standard InChI is InChI=1S/C21H32ClN3/c1-24(16-17-7-4-3-5-8-17)13-6-14-25(2)21-12-9-18-15-19(22)10-11-20(18)23-21/h9-12,17,23H,3-8,13-16H2,1-2H3. The summed E-state index contributed by atoms with van der Waals surface area (Å²) in [7, 11) is 4.45. The van der Waals surface area contributed by atoms with Gasteiger partial charge in [0.15, 0.2) is 0 Å². The Balaban J connectivity index is 1.40. The molecule has 0 aromatic carbocycles. The lowest BCUT2D eigenvalue weighted by atomic mass is 9.89. The Kier molecular flexibility index (Phi) is 6.66. The van der Waals surface area contributed by atoms with Gasteiger partial charge in [-0.25, -0.2) is 0 Å². The highest BCUT2D eigenvalue weighted by molar-refractivity contribution is 6.30. The Morgan fingerprint density at radius 1 is 1.04 bits per heavy atom. The molecule has 1 fully saturated rings. The van der Waals surface area contributed by atoms with Crippen LogP contribution in [0.15, 0.2) is 46.4 Å². The predicted molar refractivity (Wildman–Crippen MR) is 107 cm³/mol. The van der Waals surface area contributed by atoms with E-state index in [1.165, 1.54) is 68.7 Å². The molecule has 0 saturated heterocycles. The summed E-state index contributed by atoms with van der Waals surface area (Å²) in [6, 6.07) is 0. The average Bonchev–Trinajstić information content (AvgIpc) is 2.62. The molecule has 0 unspecified atom stereocenters. The molecule has 0 atom stereocenters. The molecule has 1 saturated carbocycles. The summed E-state index contributed by atoms with van der Waals surface area (Å²) >= 11 is 6.12. The van der Waals surface area contributed by atoms with Crippen molar-refractivity contribution in [3.8, 4) is 0 Å². The van der Waals surface area contributed by atoms with Crippen molar-refractivity contribution in [3.63, 3.8) is 0 Å². The highest BCUT2D eigenvalue weighted by Crippen LogP contribution is 2.28. The fourth-order valence-corrected chi connectivity index (χ4v) is 4.28. The number of rotatable bonds is 7. The van der Waals surface area contributed by atoms with E-state index in [1.807, 2.05) is 6.08 Å². The third-order valence-corrected chi connectivity index (χ3v) is 5.84. The summed E-state index contributed by atoms with van der Waals surface area (Å²) in [5.74, 6) is 2.11. The van der Waals surface area contributed by atoms with Crippen LogP contribution in [0, 0.1) is 5.92 Å².